The second-order valence-electron chi connectivity index (χ2n) is 5.10. The molecule has 10 nitrogen and oxygen atoms in total. The van der Waals surface area contributed by atoms with Gasteiger partial charge in [-0.3, -0.25) is 19.6 Å². The molecule has 1 heterocycles. The minimum absolute atomic E-state index is 0.118. The summed E-state index contributed by atoms with van der Waals surface area (Å²) in [4.78, 5) is 34.1. The van der Waals surface area contributed by atoms with Gasteiger partial charge >= 0.3 is 11.7 Å². The maximum atomic E-state index is 12.2. The molecule has 132 valence electrons. The quantitative estimate of drug-likeness (QED) is 0.562. The zero-order chi connectivity index (χ0) is 18.4. The average molecular weight is 348 g/mol. The number of aliphatic carboxylic acids is 1. The van der Waals surface area contributed by atoms with E-state index in [1.54, 1.807) is 31.3 Å². The number of aryl methyl sites for hydroxylation is 1. The molecular formula is C15H16N4O6. The summed E-state index contributed by atoms with van der Waals surface area (Å²) in [5.74, 6) is -0.886. The molecule has 2 aromatic rings. The van der Waals surface area contributed by atoms with Crippen LogP contribution in [0.4, 0.5) is 11.4 Å². The predicted octanol–water partition coefficient (Wildman–Crippen LogP) is 1.31. The van der Waals surface area contributed by atoms with Gasteiger partial charge in [-0.2, -0.15) is 5.10 Å². The third-order valence-electron chi connectivity index (χ3n) is 3.35. The molecule has 0 bridgehead atoms. The summed E-state index contributed by atoms with van der Waals surface area (Å²) >= 11 is 0. The highest BCUT2D eigenvalue weighted by molar-refractivity contribution is 5.92. The Balaban J connectivity index is 1.90. The van der Waals surface area contributed by atoms with E-state index in [9.17, 15) is 19.7 Å². The molecular weight excluding hydrogens is 332 g/mol. The molecule has 1 aromatic heterocycles. The first kappa shape index (κ1) is 17.9. The maximum Gasteiger partial charge on any atom is 0.341 e. The van der Waals surface area contributed by atoms with Gasteiger partial charge in [-0.05, 0) is 24.3 Å². The van der Waals surface area contributed by atoms with Crippen molar-refractivity contribution in [3.05, 3.63) is 46.8 Å². The second-order valence-corrected chi connectivity index (χ2v) is 5.10. The van der Waals surface area contributed by atoms with E-state index < -0.39 is 17.5 Å². The largest absolute Gasteiger partial charge is 0.482 e. The highest BCUT2D eigenvalue weighted by Crippen LogP contribution is 2.19. The molecule has 1 amide bonds. The summed E-state index contributed by atoms with van der Waals surface area (Å²) in [5, 5.41) is 23.0. The summed E-state index contributed by atoms with van der Waals surface area (Å²) in [6, 6.07) is 6.40. The van der Waals surface area contributed by atoms with Crippen molar-refractivity contribution in [3.63, 3.8) is 0 Å². The number of nitro groups is 1. The van der Waals surface area contributed by atoms with E-state index in [1.807, 2.05) is 0 Å². The van der Waals surface area contributed by atoms with Crippen molar-refractivity contribution in [2.75, 3.05) is 18.6 Å². The fourth-order valence-electron chi connectivity index (χ4n) is 2.00. The molecule has 1 aromatic carbocycles. The number of carbonyl (C=O) groups is 2. The van der Waals surface area contributed by atoms with Crippen LogP contribution in [0.1, 0.15) is 6.42 Å². The number of ether oxygens (including phenoxy) is 1. The van der Waals surface area contributed by atoms with Gasteiger partial charge in [-0.15, -0.1) is 0 Å². The molecule has 0 aliphatic carbocycles. The predicted molar refractivity (Wildman–Crippen MR) is 86.5 cm³/mol. The Morgan fingerprint density at radius 2 is 2.04 bits per heavy atom. The number of carboxylic acid groups (broad SMARTS) is 1. The molecule has 25 heavy (non-hydrogen) atoms. The van der Waals surface area contributed by atoms with Crippen molar-refractivity contribution in [1.82, 2.24) is 9.78 Å². The Hall–Kier alpha value is -3.43. The lowest BCUT2D eigenvalue weighted by Gasteiger charge is -2.17. The minimum Gasteiger partial charge on any atom is -0.482 e. The van der Waals surface area contributed by atoms with Crippen LogP contribution in [-0.4, -0.2) is 45.3 Å². The van der Waals surface area contributed by atoms with Crippen LogP contribution in [0.2, 0.25) is 0 Å². The third-order valence-corrected chi connectivity index (χ3v) is 3.35. The number of carboxylic acids is 1. The Bertz CT molecular complexity index is 771. The van der Waals surface area contributed by atoms with E-state index in [-0.39, 0.29) is 24.6 Å². The lowest BCUT2D eigenvalue weighted by molar-refractivity contribution is -0.385. The van der Waals surface area contributed by atoms with Crippen LogP contribution in [0.5, 0.6) is 5.75 Å². The van der Waals surface area contributed by atoms with Gasteiger partial charge in [0, 0.05) is 25.7 Å². The van der Waals surface area contributed by atoms with Crippen LogP contribution >= 0.6 is 0 Å². The van der Waals surface area contributed by atoms with E-state index in [0.717, 1.165) is 6.20 Å². The van der Waals surface area contributed by atoms with Gasteiger partial charge < -0.3 is 14.7 Å². The van der Waals surface area contributed by atoms with Gasteiger partial charge in [-0.1, -0.05) is 0 Å². The van der Waals surface area contributed by atoms with E-state index >= 15 is 0 Å². The molecule has 0 radical (unpaired) electrons. The topological polar surface area (TPSA) is 128 Å². The number of carbonyl (C=O) groups excluding carboxylic acids is 1. The average Bonchev–Trinajstić information content (AvgIpc) is 3.07. The van der Waals surface area contributed by atoms with Crippen molar-refractivity contribution in [2.45, 2.75) is 13.0 Å². The smallest absolute Gasteiger partial charge is 0.341 e. The zero-order valence-electron chi connectivity index (χ0n) is 13.4. The van der Waals surface area contributed by atoms with Crippen LogP contribution < -0.4 is 9.64 Å². The van der Waals surface area contributed by atoms with Crippen molar-refractivity contribution in [2.24, 2.45) is 0 Å². The van der Waals surface area contributed by atoms with E-state index in [4.69, 9.17) is 9.84 Å². The molecule has 10 heteroatoms. The van der Waals surface area contributed by atoms with Gasteiger partial charge in [0.1, 0.15) is 18.1 Å². The first-order valence-electron chi connectivity index (χ1n) is 7.25. The SMILES string of the molecule is CN(C(=O)CCn1cc([N+](=O)[O-])cn1)c1ccc(OCC(=O)O)cc1. The number of anilines is 1. The lowest BCUT2D eigenvalue weighted by Crippen LogP contribution is -2.27. The van der Waals surface area contributed by atoms with Crippen molar-refractivity contribution < 1.29 is 24.4 Å². The fourth-order valence-corrected chi connectivity index (χ4v) is 2.00. The van der Waals surface area contributed by atoms with Crippen molar-refractivity contribution in [1.29, 1.82) is 0 Å². The number of aromatic nitrogens is 2. The van der Waals surface area contributed by atoms with Crippen molar-refractivity contribution in [3.8, 4) is 5.75 Å². The first-order chi connectivity index (χ1) is 11.9. The van der Waals surface area contributed by atoms with Gasteiger partial charge in [-0.25, -0.2) is 4.79 Å². The van der Waals surface area contributed by atoms with Gasteiger partial charge in [0.05, 0.1) is 4.92 Å². The highest BCUT2D eigenvalue weighted by atomic mass is 16.6. The maximum absolute atomic E-state index is 12.2. The fraction of sp³-hybridized carbons (Fsp3) is 0.267. The van der Waals surface area contributed by atoms with Gasteiger partial charge in [0.2, 0.25) is 5.91 Å². The molecule has 0 aliphatic heterocycles. The summed E-state index contributed by atoms with van der Waals surface area (Å²) in [6.45, 7) is -0.221. The normalized spacial score (nSPS) is 10.3. The molecule has 0 atom stereocenters. The van der Waals surface area contributed by atoms with Gasteiger partial charge in [0.25, 0.3) is 0 Å². The summed E-state index contributed by atoms with van der Waals surface area (Å²) in [6.07, 6.45) is 2.51. The van der Waals surface area contributed by atoms with E-state index in [0.29, 0.717) is 11.4 Å². The Labute approximate surface area is 142 Å². The first-order valence-corrected chi connectivity index (χ1v) is 7.25. The summed E-state index contributed by atoms with van der Waals surface area (Å²) in [7, 11) is 1.60. The Kier molecular flexibility index (Phi) is 5.66. The number of rotatable bonds is 8. The molecule has 0 aliphatic rings. The zero-order valence-corrected chi connectivity index (χ0v) is 13.4. The molecule has 0 spiro atoms. The monoisotopic (exact) mass is 348 g/mol. The Morgan fingerprint density at radius 1 is 1.36 bits per heavy atom. The number of benzene rings is 1. The number of hydrogen-bond acceptors (Lipinski definition) is 6. The molecule has 0 saturated heterocycles. The highest BCUT2D eigenvalue weighted by Gasteiger charge is 2.13. The molecule has 1 N–H and O–H groups in total. The Morgan fingerprint density at radius 3 is 2.60 bits per heavy atom. The van der Waals surface area contributed by atoms with E-state index in [1.165, 1.54) is 15.8 Å². The number of hydrogen-bond donors (Lipinski definition) is 1. The van der Waals surface area contributed by atoms with Crippen LogP contribution in [-0.2, 0) is 16.1 Å². The number of amides is 1. The van der Waals surface area contributed by atoms with Crippen LogP contribution in [0.25, 0.3) is 0 Å². The van der Waals surface area contributed by atoms with Crippen LogP contribution in [0, 0.1) is 10.1 Å². The molecule has 0 unspecified atom stereocenters. The third kappa shape index (κ3) is 5.03. The van der Waals surface area contributed by atoms with Crippen molar-refractivity contribution >= 4 is 23.3 Å². The standard InChI is InChI=1S/C15H16N4O6/c1-17(11-2-4-13(5-3-11)25-10-15(21)22)14(20)6-7-18-9-12(8-16-18)19(23)24/h2-5,8-9H,6-7,10H2,1H3,(H,21,22). The van der Waals surface area contributed by atoms with Gasteiger partial charge in [0.15, 0.2) is 6.61 Å². The molecule has 2 rings (SSSR count). The van der Waals surface area contributed by atoms with Crippen LogP contribution in [0.15, 0.2) is 36.7 Å². The summed E-state index contributed by atoms with van der Waals surface area (Å²) < 4.78 is 6.36. The summed E-state index contributed by atoms with van der Waals surface area (Å²) in [5.41, 5.74) is 0.483. The second kappa shape index (κ2) is 7.90. The number of nitrogens with zero attached hydrogens (tertiary/aromatic N) is 4. The molecule has 0 saturated carbocycles. The minimum atomic E-state index is -1.07. The lowest BCUT2D eigenvalue weighted by atomic mass is 10.2. The van der Waals surface area contributed by atoms with Crippen LogP contribution in [0.3, 0.4) is 0 Å². The molecule has 0 fully saturated rings. The van der Waals surface area contributed by atoms with E-state index in [2.05, 4.69) is 5.10 Å².